The number of carbonyl (C=O) groups is 1. The molecule has 1 aliphatic heterocycles. The summed E-state index contributed by atoms with van der Waals surface area (Å²) in [6.07, 6.45) is 2.58. The van der Waals surface area contributed by atoms with Gasteiger partial charge in [-0.15, -0.1) is 0 Å². The van der Waals surface area contributed by atoms with Crippen molar-refractivity contribution in [2.45, 2.75) is 24.9 Å². The molecule has 2 fully saturated rings. The van der Waals surface area contributed by atoms with Crippen molar-refractivity contribution >= 4 is 23.3 Å². The Morgan fingerprint density at radius 3 is 2.40 bits per heavy atom. The first-order valence-electron chi connectivity index (χ1n) is 8.83. The molecule has 4 rings (SSSR count). The topological polar surface area (TPSA) is 35.6 Å². The number of amides is 2. The minimum atomic E-state index is -0.0494. The summed E-state index contributed by atoms with van der Waals surface area (Å²) < 4.78 is 0. The van der Waals surface area contributed by atoms with Gasteiger partial charge in [0.05, 0.1) is 6.04 Å². The minimum absolute atomic E-state index is 0.0494. The van der Waals surface area contributed by atoms with Crippen molar-refractivity contribution in [2.24, 2.45) is 0 Å². The van der Waals surface area contributed by atoms with E-state index in [-0.39, 0.29) is 12.1 Å². The van der Waals surface area contributed by atoms with Gasteiger partial charge in [0.2, 0.25) is 0 Å². The summed E-state index contributed by atoms with van der Waals surface area (Å²) >= 11 is 5.92. The average molecular weight is 356 g/mol. The van der Waals surface area contributed by atoms with E-state index < -0.39 is 0 Å². The van der Waals surface area contributed by atoms with E-state index in [0.717, 1.165) is 25.3 Å². The van der Waals surface area contributed by atoms with E-state index in [1.807, 2.05) is 35.2 Å². The molecule has 1 saturated heterocycles. The van der Waals surface area contributed by atoms with Crippen LogP contribution in [0.5, 0.6) is 0 Å². The van der Waals surface area contributed by atoms with E-state index in [4.69, 9.17) is 11.6 Å². The van der Waals surface area contributed by atoms with E-state index in [1.54, 1.807) is 12.1 Å². The van der Waals surface area contributed by atoms with Crippen LogP contribution >= 0.6 is 11.6 Å². The Labute approximate surface area is 153 Å². The second kappa shape index (κ2) is 7.06. The summed E-state index contributed by atoms with van der Waals surface area (Å²) in [5, 5.41) is 3.67. The number of piperazine rings is 1. The zero-order valence-electron chi connectivity index (χ0n) is 14.1. The number of hydrogen-bond acceptors (Lipinski definition) is 2. The summed E-state index contributed by atoms with van der Waals surface area (Å²) in [7, 11) is 0. The van der Waals surface area contributed by atoms with E-state index in [1.165, 1.54) is 18.4 Å². The highest BCUT2D eigenvalue weighted by Crippen LogP contribution is 2.33. The second-order valence-corrected chi connectivity index (χ2v) is 7.22. The number of urea groups is 1. The fourth-order valence-corrected chi connectivity index (χ4v) is 3.63. The molecule has 0 aromatic heterocycles. The Bertz CT molecular complexity index is 730. The maximum atomic E-state index is 12.9. The lowest BCUT2D eigenvalue weighted by molar-refractivity contribution is 0.0954. The lowest BCUT2D eigenvalue weighted by atomic mass is 10.0. The second-order valence-electron chi connectivity index (χ2n) is 6.78. The van der Waals surface area contributed by atoms with Crippen molar-refractivity contribution in [2.75, 3.05) is 25.0 Å². The Morgan fingerprint density at radius 1 is 1.00 bits per heavy atom. The van der Waals surface area contributed by atoms with Gasteiger partial charge in [0.25, 0.3) is 0 Å². The summed E-state index contributed by atoms with van der Waals surface area (Å²) in [5.41, 5.74) is 1.96. The van der Waals surface area contributed by atoms with Crippen LogP contribution in [0.4, 0.5) is 10.5 Å². The van der Waals surface area contributed by atoms with E-state index in [2.05, 4.69) is 22.3 Å². The summed E-state index contributed by atoms with van der Waals surface area (Å²) in [4.78, 5) is 17.4. The number of nitrogens with zero attached hydrogens (tertiary/aromatic N) is 2. The van der Waals surface area contributed by atoms with Crippen LogP contribution in [0.25, 0.3) is 0 Å². The van der Waals surface area contributed by atoms with Crippen LogP contribution in [-0.2, 0) is 0 Å². The molecular weight excluding hydrogens is 334 g/mol. The van der Waals surface area contributed by atoms with Crippen LogP contribution < -0.4 is 5.32 Å². The van der Waals surface area contributed by atoms with E-state index >= 15 is 0 Å². The molecule has 25 heavy (non-hydrogen) atoms. The molecule has 1 heterocycles. The molecule has 2 aromatic rings. The molecule has 0 spiro atoms. The summed E-state index contributed by atoms with van der Waals surface area (Å²) in [6.45, 7) is 2.60. The Kier molecular flexibility index (Phi) is 4.64. The largest absolute Gasteiger partial charge is 0.322 e. The maximum Gasteiger partial charge on any atom is 0.322 e. The SMILES string of the molecule is O=C(Nc1ccc(Cl)cc1)N1CCN(C2CC2)CC1c1ccccc1. The summed E-state index contributed by atoms with van der Waals surface area (Å²) in [6, 6.07) is 18.3. The van der Waals surface area contributed by atoms with Crippen LogP contribution in [0, 0.1) is 0 Å². The lowest BCUT2D eigenvalue weighted by Gasteiger charge is -2.41. The molecule has 0 bridgehead atoms. The van der Waals surface area contributed by atoms with Gasteiger partial charge >= 0.3 is 6.03 Å². The monoisotopic (exact) mass is 355 g/mol. The van der Waals surface area contributed by atoms with Crippen molar-refractivity contribution in [1.82, 2.24) is 9.80 Å². The predicted octanol–water partition coefficient (Wildman–Crippen LogP) is 4.39. The van der Waals surface area contributed by atoms with Gasteiger partial charge in [-0.25, -0.2) is 4.79 Å². The Balaban J connectivity index is 1.53. The molecular formula is C20H22ClN3O. The molecule has 1 aliphatic carbocycles. The highest BCUT2D eigenvalue weighted by molar-refractivity contribution is 6.30. The molecule has 5 heteroatoms. The van der Waals surface area contributed by atoms with Crippen molar-refractivity contribution in [1.29, 1.82) is 0 Å². The highest BCUT2D eigenvalue weighted by atomic mass is 35.5. The van der Waals surface area contributed by atoms with E-state index in [9.17, 15) is 4.79 Å². The normalized spacial score (nSPS) is 21.2. The number of benzene rings is 2. The molecule has 1 N–H and O–H groups in total. The third kappa shape index (κ3) is 3.80. The Morgan fingerprint density at radius 2 is 1.72 bits per heavy atom. The van der Waals surface area contributed by atoms with Crippen LogP contribution in [0.3, 0.4) is 0 Å². The molecule has 1 atom stereocenters. The molecule has 130 valence electrons. The first-order chi connectivity index (χ1) is 12.2. The summed E-state index contributed by atoms with van der Waals surface area (Å²) in [5.74, 6) is 0. The smallest absolute Gasteiger partial charge is 0.315 e. The predicted molar refractivity (Wildman–Crippen MR) is 101 cm³/mol. The maximum absolute atomic E-state index is 12.9. The van der Waals surface area contributed by atoms with Crippen LogP contribution in [-0.4, -0.2) is 41.5 Å². The standard InChI is InChI=1S/C20H22ClN3O/c21-16-6-8-17(9-7-16)22-20(25)24-13-12-23(18-10-11-18)14-19(24)15-4-2-1-3-5-15/h1-9,18-19H,10-14H2,(H,22,25). The van der Waals surface area contributed by atoms with Crippen LogP contribution in [0.2, 0.25) is 5.02 Å². The quantitative estimate of drug-likeness (QED) is 0.886. The molecule has 2 aromatic carbocycles. The van der Waals surface area contributed by atoms with Crippen molar-refractivity contribution in [3.8, 4) is 0 Å². The van der Waals surface area contributed by atoms with Crippen molar-refractivity contribution in [3.05, 3.63) is 65.2 Å². The number of nitrogens with one attached hydrogen (secondary N) is 1. The van der Waals surface area contributed by atoms with Gasteiger partial charge in [-0.3, -0.25) is 4.90 Å². The van der Waals surface area contributed by atoms with Crippen LogP contribution in [0.15, 0.2) is 54.6 Å². The molecule has 4 nitrogen and oxygen atoms in total. The van der Waals surface area contributed by atoms with Crippen LogP contribution in [0.1, 0.15) is 24.4 Å². The van der Waals surface area contributed by atoms with Gasteiger partial charge in [0.1, 0.15) is 0 Å². The van der Waals surface area contributed by atoms with Gasteiger partial charge in [-0.05, 0) is 42.7 Å². The number of rotatable bonds is 3. The molecule has 1 saturated carbocycles. The zero-order chi connectivity index (χ0) is 17.2. The van der Waals surface area contributed by atoms with Gasteiger partial charge in [0.15, 0.2) is 0 Å². The third-order valence-electron chi connectivity index (χ3n) is 5.02. The molecule has 2 aliphatic rings. The van der Waals surface area contributed by atoms with Gasteiger partial charge in [-0.1, -0.05) is 41.9 Å². The highest BCUT2D eigenvalue weighted by Gasteiger charge is 2.37. The zero-order valence-corrected chi connectivity index (χ0v) is 14.8. The first-order valence-corrected chi connectivity index (χ1v) is 9.21. The molecule has 0 radical (unpaired) electrons. The molecule has 2 amide bonds. The van der Waals surface area contributed by atoms with Crippen molar-refractivity contribution in [3.63, 3.8) is 0 Å². The van der Waals surface area contributed by atoms with Gasteiger partial charge in [-0.2, -0.15) is 0 Å². The van der Waals surface area contributed by atoms with Crippen molar-refractivity contribution < 1.29 is 4.79 Å². The number of halogens is 1. The lowest BCUT2D eigenvalue weighted by Crippen LogP contribution is -2.52. The number of carbonyl (C=O) groups excluding carboxylic acids is 1. The fourth-order valence-electron chi connectivity index (χ4n) is 3.51. The van der Waals surface area contributed by atoms with Gasteiger partial charge < -0.3 is 10.2 Å². The third-order valence-corrected chi connectivity index (χ3v) is 5.27. The average Bonchev–Trinajstić information content (AvgIpc) is 3.49. The first kappa shape index (κ1) is 16.4. The Hall–Kier alpha value is -2.04. The number of anilines is 1. The van der Waals surface area contributed by atoms with E-state index in [0.29, 0.717) is 11.1 Å². The number of hydrogen-bond donors (Lipinski definition) is 1. The van der Waals surface area contributed by atoms with Gasteiger partial charge in [0, 0.05) is 36.4 Å². The minimum Gasteiger partial charge on any atom is -0.315 e. The molecule has 1 unspecified atom stereocenters. The fraction of sp³-hybridized carbons (Fsp3) is 0.350.